The molecule has 0 fully saturated rings. The van der Waals surface area contributed by atoms with Crippen molar-refractivity contribution in [3.05, 3.63) is 64.2 Å². The van der Waals surface area contributed by atoms with Gasteiger partial charge < -0.3 is 4.74 Å². The molecule has 0 amide bonds. The zero-order valence-electron chi connectivity index (χ0n) is 13.7. The predicted molar refractivity (Wildman–Crippen MR) is 90.4 cm³/mol. The Balaban J connectivity index is 1.80. The molecule has 0 unspecified atom stereocenters. The summed E-state index contributed by atoms with van der Waals surface area (Å²) >= 11 is 6.42. The lowest BCUT2D eigenvalue weighted by Crippen LogP contribution is -2.07. The first-order chi connectivity index (χ1) is 11.5. The van der Waals surface area contributed by atoms with Crippen LogP contribution in [0.4, 0.5) is 0 Å². The van der Waals surface area contributed by atoms with Gasteiger partial charge in [-0.1, -0.05) is 29.8 Å². The number of rotatable bonds is 4. The first-order valence-electron chi connectivity index (χ1n) is 7.44. The molecule has 0 atom stereocenters. The molecule has 0 bridgehead atoms. The van der Waals surface area contributed by atoms with E-state index in [0.717, 1.165) is 17.1 Å². The van der Waals surface area contributed by atoms with E-state index in [1.54, 1.807) is 16.4 Å². The number of esters is 1. The predicted octanol–water partition coefficient (Wildman–Crippen LogP) is 3.23. The number of nitrogens with zero attached hydrogens (tertiary/aromatic N) is 4. The topological polar surface area (TPSA) is 61.9 Å². The van der Waals surface area contributed by atoms with Crippen molar-refractivity contribution in [2.45, 2.75) is 20.5 Å². The quantitative estimate of drug-likeness (QED) is 0.682. The number of hydrogen-bond acceptors (Lipinski definition) is 4. The Morgan fingerprint density at radius 2 is 1.96 bits per heavy atom. The number of ether oxygens (including phenoxy) is 1. The molecule has 124 valence electrons. The molecule has 6 nitrogen and oxygen atoms in total. The van der Waals surface area contributed by atoms with Gasteiger partial charge in [-0.15, -0.1) is 0 Å². The van der Waals surface area contributed by atoms with E-state index in [1.165, 1.54) is 6.20 Å². The van der Waals surface area contributed by atoms with Crippen LogP contribution in [-0.2, 0) is 18.4 Å². The van der Waals surface area contributed by atoms with Crippen molar-refractivity contribution in [1.82, 2.24) is 19.6 Å². The molecular formula is C17H17ClN4O2. The van der Waals surface area contributed by atoms with Gasteiger partial charge >= 0.3 is 5.97 Å². The van der Waals surface area contributed by atoms with Gasteiger partial charge in [0.2, 0.25) is 0 Å². The Morgan fingerprint density at radius 3 is 2.58 bits per heavy atom. The largest absolute Gasteiger partial charge is 0.457 e. The van der Waals surface area contributed by atoms with Gasteiger partial charge in [0.15, 0.2) is 0 Å². The Bertz CT molecular complexity index is 884. The molecule has 0 N–H and O–H groups in total. The van der Waals surface area contributed by atoms with E-state index in [4.69, 9.17) is 16.3 Å². The van der Waals surface area contributed by atoms with Crippen LogP contribution in [0.2, 0.25) is 5.15 Å². The molecule has 24 heavy (non-hydrogen) atoms. The average molecular weight is 345 g/mol. The van der Waals surface area contributed by atoms with Crippen LogP contribution in [0.3, 0.4) is 0 Å². The minimum absolute atomic E-state index is 0.0602. The molecule has 0 radical (unpaired) electrons. The fourth-order valence-electron chi connectivity index (χ4n) is 2.35. The Labute approximate surface area is 144 Å². The summed E-state index contributed by atoms with van der Waals surface area (Å²) in [6, 6.07) is 9.56. The smallest absolute Gasteiger partial charge is 0.341 e. The van der Waals surface area contributed by atoms with Crippen molar-refractivity contribution in [3.8, 4) is 5.69 Å². The third kappa shape index (κ3) is 2.92. The maximum Gasteiger partial charge on any atom is 0.341 e. The summed E-state index contributed by atoms with van der Waals surface area (Å²) in [6.07, 6.45) is 1.50. The highest BCUT2D eigenvalue weighted by Crippen LogP contribution is 2.24. The molecule has 7 heteroatoms. The highest BCUT2D eigenvalue weighted by Gasteiger charge is 2.19. The number of halogens is 1. The summed E-state index contributed by atoms with van der Waals surface area (Å²) in [5.74, 6) is -0.427. The second-order valence-electron chi connectivity index (χ2n) is 5.45. The monoisotopic (exact) mass is 344 g/mol. The van der Waals surface area contributed by atoms with Gasteiger partial charge in [0.05, 0.1) is 17.6 Å². The fraction of sp³-hybridized carbons (Fsp3) is 0.235. The molecule has 0 spiro atoms. The summed E-state index contributed by atoms with van der Waals surface area (Å²) in [5, 5.41) is 8.91. The summed E-state index contributed by atoms with van der Waals surface area (Å²) in [4.78, 5) is 12.2. The summed E-state index contributed by atoms with van der Waals surface area (Å²) < 4.78 is 8.65. The van der Waals surface area contributed by atoms with Crippen LogP contribution in [0.5, 0.6) is 0 Å². The molecule has 2 aromatic heterocycles. The van der Waals surface area contributed by atoms with E-state index < -0.39 is 5.97 Å². The van der Waals surface area contributed by atoms with Crippen LogP contribution in [0, 0.1) is 13.8 Å². The number of benzene rings is 1. The van der Waals surface area contributed by atoms with Gasteiger partial charge in [0.1, 0.15) is 17.3 Å². The molecule has 1 aromatic carbocycles. The highest BCUT2D eigenvalue weighted by atomic mass is 35.5. The van der Waals surface area contributed by atoms with Crippen LogP contribution in [-0.4, -0.2) is 25.5 Å². The van der Waals surface area contributed by atoms with E-state index in [0.29, 0.717) is 16.3 Å². The van der Waals surface area contributed by atoms with Gasteiger partial charge in [-0.25, -0.2) is 9.48 Å². The third-order valence-electron chi connectivity index (χ3n) is 3.93. The van der Waals surface area contributed by atoms with E-state index in [9.17, 15) is 4.79 Å². The van der Waals surface area contributed by atoms with Gasteiger partial charge in [0.25, 0.3) is 0 Å². The normalized spacial score (nSPS) is 10.8. The molecule has 0 saturated carbocycles. The minimum Gasteiger partial charge on any atom is -0.457 e. The van der Waals surface area contributed by atoms with Crippen molar-refractivity contribution in [3.63, 3.8) is 0 Å². The molecule has 0 saturated heterocycles. The SMILES string of the molecule is Cc1nn(-c2ccccc2)c(Cl)c1COC(=O)c1cnn(C)c1C. The number of aromatic nitrogens is 4. The van der Waals surface area contributed by atoms with Crippen molar-refractivity contribution in [2.75, 3.05) is 0 Å². The third-order valence-corrected chi connectivity index (χ3v) is 4.31. The minimum atomic E-state index is -0.427. The highest BCUT2D eigenvalue weighted by molar-refractivity contribution is 6.30. The zero-order chi connectivity index (χ0) is 17.3. The number of aryl methyl sites for hydroxylation is 2. The second kappa shape index (κ2) is 6.49. The number of carbonyl (C=O) groups is 1. The average Bonchev–Trinajstić information content (AvgIpc) is 3.06. The van der Waals surface area contributed by atoms with Crippen LogP contribution < -0.4 is 0 Å². The van der Waals surface area contributed by atoms with E-state index in [2.05, 4.69) is 10.2 Å². The maximum atomic E-state index is 12.2. The molecule has 3 aromatic rings. The van der Waals surface area contributed by atoms with Crippen molar-refractivity contribution in [1.29, 1.82) is 0 Å². The zero-order valence-corrected chi connectivity index (χ0v) is 14.4. The Morgan fingerprint density at radius 1 is 1.25 bits per heavy atom. The lowest BCUT2D eigenvalue weighted by molar-refractivity contribution is 0.0471. The molecule has 2 heterocycles. The second-order valence-corrected chi connectivity index (χ2v) is 5.80. The summed E-state index contributed by atoms with van der Waals surface area (Å²) in [6.45, 7) is 3.71. The van der Waals surface area contributed by atoms with Crippen molar-refractivity contribution >= 4 is 17.6 Å². The van der Waals surface area contributed by atoms with Crippen LogP contribution in [0.15, 0.2) is 36.5 Å². The van der Waals surface area contributed by atoms with Gasteiger partial charge in [-0.3, -0.25) is 4.68 Å². The van der Waals surface area contributed by atoms with E-state index in [-0.39, 0.29) is 6.61 Å². The molecule has 0 aliphatic rings. The van der Waals surface area contributed by atoms with Crippen molar-refractivity contribution < 1.29 is 9.53 Å². The van der Waals surface area contributed by atoms with Gasteiger partial charge in [-0.05, 0) is 26.0 Å². The maximum absolute atomic E-state index is 12.2. The van der Waals surface area contributed by atoms with Gasteiger partial charge in [-0.2, -0.15) is 10.2 Å². The molecular weight excluding hydrogens is 328 g/mol. The molecule has 0 aliphatic heterocycles. The van der Waals surface area contributed by atoms with Crippen LogP contribution in [0.1, 0.15) is 27.3 Å². The fourth-order valence-corrected chi connectivity index (χ4v) is 2.68. The lowest BCUT2D eigenvalue weighted by atomic mass is 10.2. The van der Waals surface area contributed by atoms with Gasteiger partial charge in [0, 0.05) is 18.3 Å². The molecule has 3 rings (SSSR count). The van der Waals surface area contributed by atoms with E-state index in [1.807, 2.05) is 44.2 Å². The number of carbonyl (C=O) groups excluding carboxylic acids is 1. The Hall–Kier alpha value is -2.60. The lowest BCUT2D eigenvalue weighted by Gasteiger charge is -2.05. The Kier molecular flexibility index (Phi) is 4.40. The standard InChI is InChI=1S/C17H17ClN4O2/c1-11-15(10-24-17(23)14-9-19-21(3)12(14)2)16(18)22(20-11)13-7-5-4-6-8-13/h4-9H,10H2,1-3H3. The van der Waals surface area contributed by atoms with Crippen LogP contribution in [0.25, 0.3) is 5.69 Å². The summed E-state index contributed by atoms with van der Waals surface area (Å²) in [7, 11) is 1.77. The molecule has 0 aliphatic carbocycles. The van der Waals surface area contributed by atoms with E-state index >= 15 is 0 Å². The first kappa shape index (κ1) is 16.3. The van der Waals surface area contributed by atoms with Crippen molar-refractivity contribution in [2.24, 2.45) is 7.05 Å². The first-order valence-corrected chi connectivity index (χ1v) is 7.82. The number of hydrogen-bond donors (Lipinski definition) is 0. The summed E-state index contributed by atoms with van der Waals surface area (Å²) in [5.41, 5.74) is 3.46. The number of para-hydroxylation sites is 1. The van der Waals surface area contributed by atoms with Crippen LogP contribution >= 0.6 is 11.6 Å².